The van der Waals surface area contributed by atoms with Crippen LogP contribution in [0.15, 0.2) is 40.3 Å². The minimum Gasteiger partial charge on any atom is -0.480 e. The van der Waals surface area contributed by atoms with Gasteiger partial charge in [-0.15, -0.1) is 16.9 Å². The van der Waals surface area contributed by atoms with Gasteiger partial charge in [-0.2, -0.15) is 0 Å². The number of thioether (sulfide) groups is 2. The molecule has 1 aliphatic heterocycles. The van der Waals surface area contributed by atoms with Gasteiger partial charge in [0.25, 0.3) is 5.91 Å². The Bertz CT molecular complexity index is 876. The Morgan fingerprint density at radius 1 is 1.40 bits per heavy atom. The molecule has 0 bridgehead atoms. The number of aliphatic carboxylic acids is 1. The molecule has 1 saturated heterocycles. The maximum Gasteiger partial charge on any atom is 0.323 e. The number of thiocarbonyl (C=S) groups is 1. The number of carbonyl (C=O) groups is 2. The van der Waals surface area contributed by atoms with Gasteiger partial charge in [0.05, 0.1) is 16.8 Å². The number of amides is 1. The van der Waals surface area contributed by atoms with Gasteiger partial charge in [-0.3, -0.25) is 14.5 Å². The van der Waals surface area contributed by atoms with E-state index in [0.29, 0.717) is 10.6 Å². The highest BCUT2D eigenvalue weighted by atomic mass is 32.2. The highest BCUT2D eigenvalue weighted by Gasteiger charge is 2.33. The van der Waals surface area contributed by atoms with Crippen LogP contribution in [-0.2, 0) is 9.59 Å². The molecule has 3 rings (SSSR count). The molecule has 2 heterocycles. The number of hydrogen-bond donors (Lipinski definition) is 1. The highest BCUT2D eigenvalue weighted by molar-refractivity contribution is 8.26. The number of aromatic nitrogens is 3. The SMILES string of the molecule is CSc1ccc(-n2cc(/C=C3\SC(=S)N(CC(=O)O)C3=O)nn2)cc1. The van der Waals surface area contributed by atoms with Crippen molar-refractivity contribution in [3.05, 3.63) is 41.1 Å². The molecule has 0 atom stereocenters. The first kappa shape index (κ1) is 17.6. The Balaban J connectivity index is 1.80. The second-order valence-electron chi connectivity index (χ2n) is 4.95. The summed E-state index contributed by atoms with van der Waals surface area (Å²) in [6, 6.07) is 7.82. The topological polar surface area (TPSA) is 88.3 Å². The van der Waals surface area contributed by atoms with Crippen molar-refractivity contribution >= 4 is 58.0 Å². The van der Waals surface area contributed by atoms with Gasteiger partial charge >= 0.3 is 5.97 Å². The van der Waals surface area contributed by atoms with Gasteiger partial charge in [-0.05, 0) is 36.6 Å². The van der Waals surface area contributed by atoms with E-state index in [1.807, 2.05) is 30.5 Å². The molecule has 1 aromatic heterocycles. The van der Waals surface area contributed by atoms with E-state index in [0.717, 1.165) is 27.2 Å². The molecule has 25 heavy (non-hydrogen) atoms. The summed E-state index contributed by atoms with van der Waals surface area (Å²) in [6.07, 6.45) is 5.25. The largest absolute Gasteiger partial charge is 0.480 e. The lowest BCUT2D eigenvalue weighted by atomic mass is 10.3. The first-order valence-corrected chi connectivity index (χ1v) is 9.47. The van der Waals surface area contributed by atoms with Crippen LogP contribution in [0.1, 0.15) is 5.69 Å². The Labute approximate surface area is 157 Å². The summed E-state index contributed by atoms with van der Waals surface area (Å²) in [4.78, 5) is 25.6. The molecule has 0 unspecified atom stereocenters. The van der Waals surface area contributed by atoms with Crippen molar-refractivity contribution in [1.29, 1.82) is 0 Å². The third kappa shape index (κ3) is 3.91. The van der Waals surface area contributed by atoms with E-state index in [9.17, 15) is 9.59 Å². The molecule has 0 radical (unpaired) electrons. The van der Waals surface area contributed by atoms with E-state index in [1.165, 1.54) is 0 Å². The highest BCUT2D eigenvalue weighted by Crippen LogP contribution is 2.32. The zero-order valence-electron chi connectivity index (χ0n) is 12.9. The Kier molecular flexibility index (Phi) is 5.21. The Hall–Kier alpha value is -2.17. The predicted molar refractivity (Wildman–Crippen MR) is 101 cm³/mol. The van der Waals surface area contributed by atoms with Crippen molar-refractivity contribution in [2.75, 3.05) is 12.8 Å². The second kappa shape index (κ2) is 7.38. The Morgan fingerprint density at radius 2 is 2.12 bits per heavy atom. The molecule has 0 saturated carbocycles. The lowest BCUT2D eigenvalue weighted by Gasteiger charge is -2.09. The number of hydrogen-bond acceptors (Lipinski definition) is 7. The van der Waals surface area contributed by atoms with Crippen LogP contribution in [0.3, 0.4) is 0 Å². The monoisotopic (exact) mass is 392 g/mol. The quantitative estimate of drug-likeness (QED) is 0.471. The number of carboxylic acid groups (broad SMARTS) is 1. The van der Waals surface area contributed by atoms with Crippen molar-refractivity contribution in [2.24, 2.45) is 0 Å². The van der Waals surface area contributed by atoms with Gasteiger partial charge in [-0.25, -0.2) is 4.68 Å². The van der Waals surface area contributed by atoms with E-state index >= 15 is 0 Å². The first-order chi connectivity index (χ1) is 12.0. The summed E-state index contributed by atoms with van der Waals surface area (Å²) >= 11 is 7.76. The average Bonchev–Trinajstić information content (AvgIpc) is 3.15. The lowest BCUT2D eigenvalue weighted by molar-refractivity contribution is -0.140. The maximum absolute atomic E-state index is 12.2. The van der Waals surface area contributed by atoms with E-state index in [1.54, 1.807) is 28.7 Å². The van der Waals surface area contributed by atoms with Crippen LogP contribution >= 0.6 is 35.7 Å². The van der Waals surface area contributed by atoms with Crippen LogP contribution in [0.25, 0.3) is 11.8 Å². The minimum absolute atomic E-state index is 0.221. The minimum atomic E-state index is -1.11. The molecular weight excluding hydrogens is 380 g/mol. The smallest absolute Gasteiger partial charge is 0.323 e. The fourth-order valence-electron chi connectivity index (χ4n) is 2.11. The third-order valence-electron chi connectivity index (χ3n) is 3.29. The molecule has 128 valence electrons. The van der Waals surface area contributed by atoms with Crippen LogP contribution in [0, 0.1) is 0 Å². The zero-order chi connectivity index (χ0) is 18.0. The molecule has 2 aromatic rings. The average molecular weight is 392 g/mol. The standard InChI is InChI=1S/C15H12N4O3S3/c1-24-11-4-2-10(3-5-11)19-7-9(16-17-19)6-12-14(22)18(8-13(20)21)15(23)25-12/h2-7H,8H2,1H3,(H,20,21)/b12-6-. The molecule has 1 amide bonds. The van der Waals surface area contributed by atoms with Crippen LogP contribution in [0.4, 0.5) is 0 Å². The fraction of sp³-hybridized carbons (Fsp3) is 0.133. The molecule has 1 aliphatic rings. The molecule has 1 fully saturated rings. The summed E-state index contributed by atoms with van der Waals surface area (Å²) in [7, 11) is 0. The molecular formula is C15H12N4O3S3. The summed E-state index contributed by atoms with van der Waals surface area (Å²) in [5.74, 6) is -1.55. The van der Waals surface area contributed by atoms with E-state index in [2.05, 4.69) is 10.3 Å². The molecule has 7 nitrogen and oxygen atoms in total. The molecule has 0 spiro atoms. The molecule has 1 N–H and O–H groups in total. The Morgan fingerprint density at radius 3 is 2.76 bits per heavy atom. The lowest BCUT2D eigenvalue weighted by Crippen LogP contribution is -2.33. The van der Waals surface area contributed by atoms with Crippen molar-refractivity contribution in [3.63, 3.8) is 0 Å². The van der Waals surface area contributed by atoms with Crippen LogP contribution in [0.5, 0.6) is 0 Å². The molecule has 1 aromatic carbocycles. The second-order valence-corrected chi connectivity index (χ2v) is 7.50. The van der Waals surface area contributed by atoms with Gasteiger partial charge in [0, 0.05) is 4.90 Å². The fourth-order valence-corrected chi connectivity index (χ4v) is 3.76. The van der Waals surface area contributed by atoms with Crippen molar-refractivity contribution < 1.29 is 14.7 Å². The third-order valence-corrected chi connectivity index (χ3v) is 5.42. The van der Waals surface area contributed by atoms with Gasteiger partial charge in [0.2, 0.25) is 0 Å². The van der Waals surface area contributed by atoms with Crippen molar-refractivity contribution in [3.8, 4) is 5.69 Å². The predicted octanol–water partition coefficient (Wildman–Crippen LogP) is 2.27. The summed E-state index contributed by atoms with van der Waals surface area (Å²) in [5.41, 5.74) is 1.34. The van der Waals surface area contributed by atoms with Gasteiger partial charge < -0.3 is 5.11 Å². The number of carbonyl (C=O) groups excluding carboxylic acids is 1. The molecule has 0 aliphatic carbocycles. The number of carboxylic acids is 1. The number of rotatable bonds is 5. The van der Waals surface area contributed by atoms with E-state index in [-0.39, 0.29) is 4.32 Å². The summed E-state index contributed by atoms with van der Waals surface area (Å²) in [5, 5.41) is 16.9. The summed E-state index contributed by atoms with van der Waals surface area (Å²) in [6.45, 7) is -0.448. The van der Waals surface area contributed by atoms with Gasteiger partial charge in [0.1, 0.15) is 16.6 Å². The van der Waals surface area contributed by atoms with Crippen molar-refractivity contribution in [2.45, 2.75) is 4.90 Å². The zero-order valence-corrected chi connectivity index (χ0v) is 15.4. The number of benzene rings is 1. The van der Waals surface area contributed by atoms with Crippen molar-refractivity contribution in [1.82, 2.24) is 19.9 Å². The van der Waals surface area contributed by atoms with Gasteiger partial charge in [-0.1, -0.05) is 29.2 Å². The van der Waals surface area contributed by atoms with E-state index < -0.39 is 18.4 Å². The maximum atomic E-state index is 12.2. The van der Waals surface area contributed by atoms with Crippen LogP contribution in [0.2, 0.25) is 0 Å². The van der Waals surface area contributed by atoms with E-state index in [4.69, 9.17) is 17.3 Å². The van der Waals surface area contributed by atoms with Gasteiger partial charge in [0.15, 0.2) is 0 Å². The van der Waals surface area contributed by atoms with Crippen LogP contribution in [-0.4, -0.2) is 54.0 Å². The number of nitrogens with zero attached hydrogens (tertiary/aromatic N) is 4. The molecule has 10 heteroatoms. The normalized spacial score (nSPS) is 16.0. The van der Waals surface area contributed by atoms with Crippen LogP contribution < -0.4 is 0 Å². The summed E-state index contributed by atoms with van der Waals surface area (Å²) < 4.78 is 1.83. The first-order valence-electron chi connectivity index (χ1n) is 7.02.